The number of hydrogen-bond acceptors (Lipinski definition) is 13. The van der Waals surface area contributed by atoms with Crippen LogP contribution in [0.3, 0.4) is 0 Å². The summed E-state index contributed by atoms with van der Waals surface area (Å²) in [7, 11) is 1.10. The smallest absolute Gasteiger partial charge is 0.453 e. The Kier molecular flexibility index (Phi) is 8.30. The number of alkyl halides is 3. The lowest BCUT2D eigenvalue weighted by Gasteiger charge is -2.27. The van der Waals surface area contributed by atoms with Gasteiger partial charge in [0.25, 0.3) is 0 Å². The van der Waals surface area contributed by atoms with Gasteiger partial charge >= 0.3 is 24.2 Å². The van der Waals surface area contributed by atoms with Crippen LogP contribution in [0.2, 0.25) is 0 Å². The monoisotopic (exact) mass is 701 g/mol. The summed E-state index contributed by atoms with van der Waals surface area (Å²) in [6.07, 6.45) is -5.44. The van der Waals surface area contributed by atoms with Crippen molar-refractivity contribution in [2.75, 3.05) is 12.4 Å². The molecule has 0 radical (unpaired) electrons. The lowest BCUT2D eigenvalue weighted by atomic mass is 10.1. The Labute approximate surface area is 278 Å². The number of imidazole rings is 1. The van der Waals surface area contributed by atoms with Crippen molar-refractivity contribution >= 4 is 39.8 Å². The number of pyridine rings is 2. The lowest BCUT2D eigenvalue weighted by Crippen LogP contribution is -2.49. The second-order valence-electron chi connectivity index (χ2n) is 11.9. The highest BCUT2D eigenvalue weighted by atomic mass is 19.4. The Morgan fingerprint density at radius 3 is 2.46 bits per heavy atom. The molecule has 5 aromatic heterocycles. The van der Waals surface area contributed by atoms with Crippen molar-refractivity contribution in [3.8, 4) is 17.3 Å². The molecule has 1 aliphatic rings. The fraction of sp³-hybridized carbons (Fsp3) is 0.414. The van der Waals surface area contributed by atoms with Gasteiger partial charge in [-0.25, -0.2) is 24.1 Å². The van der Waals surface area contributed by atoms with Gasteiger partial charge in [0.05, 0.1) is 54.1 Å². The number of amides is 1. The van der Waals surface area contributed by atoms with Crippen LogP contribution in [0.4, 0.5) is 29.6 Å². The van der Waals surface area contributed by atoms with E-state index >= 15 is 0 Å². The number of ether oxygens (including phenoxy) is 1. The van der Waals surface area contributed by atoms with Crippen molar-refractivity contribution in [2.45, 2.75) is 63.8 Å². The van der Waals surface area contributed by atoms with E-state index in [0.29, 0.717) is 18.4 Å². The number of rotatable bonds is 11. The molecule has 6 rings (SSSR count). The van der Waals surface area contributed by atoms with Gasteiger partial charge in [-0.3, -0.25) is 14.6 Å². The van der Waals surface area contributed by atoms with E-state index in [2.05, 4.69) is 41.6 Å². The van der Waals surface area contributed by atoms with Gasteiger partial charge in [-0.2, -0.15) is 20.1 Å². The average Bonchev–Trinajstić information content (AvgIpc) is 3.35. The zero-order valence-corrected chi connectivity index (χ0v) is 26.4. The van der Waals surface area contributed by atoms with Crippen molar-refractivity contribution in [1.29, 1.82) is 5.26 Å². The molecule has 5 aromatic rings. The van der Waals surface area contributed by atoms with Gasteiger partial charge in [-0.15, -0.1) is 13.2 Å². The Bertz CT molecular complexity index is 2210. The SMILES string of the molecule is CCC(O)(CCn1c(=O)n(C(O)(O)O)c2cnc(Nc3ccc4c(n3)c(-c3cnn(C(F)(F)F)c3)nn4CC3(C#N)CC3)cc21)NC(=O)OC. The molecule has 264 valence electrons. The first-order chi connectivity index (χ1) is 23.5. The largest absolute Gasteiger partial charge is 0.504 e. The number of aliphatic hydroxyl groups is 4. The molecule has 50 heavy (non-hydrogen) atoms. The third kappa shape index (κ3) is 6.43. The molecule has 1 fully saturated rings. The molecule has 0 bridgehead atoms. The number of nitrogens with one attached hydrogen (secondary N) is 2. The van der Waals surface area contributed by atoms with Crippen molar-refractivity contribution < 1.29 is 43.1 Å². The summed E-state index contributed by atoms with van der Waals surface area (Å²) in [6, 6.07) is 6.75. The molecular weight excluding hydrogens is 671 g/mol. The van der Waals surface area contributed by atoms with Crippen LogP contribution in [-0.2, 0) is 30.2 Å². The fourth-order valence-corrected chi connectivity index (χ4v) is 5.49. The number of hydrogen-bond donors (Lipinski definition) is 6. The molecule has 1 aliphatic carbocycles. The van der Waals surface area contributed by atoms with Crippen LogP contribution in [0.1, 0.15) is 32.6 Å². The maximum absolute atomic E-state index is 13.3. The van der Waals surface area contributed by atoms with Gasteiger partial charge in [0.1, 0.15) is 28.6 Å². The van der Waals surface area contributed by atoms with Crippen LogP contribution in [0.15, 0.2) is 41.6 Å². The first-order valence-electron chi connectivity index (χ1n) is 15.1. The minimum absolute atomic E-state index is 0.00893. The fourth-order valence-electron chi connectivity index (χ4n) is 5.49. The molecule has 1 saturated carbocycles. The van der Waals surface area contributed by atoms with Crippen LogP contribution >= 0.6 is 0 Å². The van der Waals surface area contributed by atoms with E-state index in [1.807, 2.05) is 0 Å². The Morgan fingerprint density at radius 1 is 1.12 bits per heavy atom. The molecule has 6 N–H and O–H groups in total. The summed E-state index contributed by atoms with van der Waals surface area (Å²) in [5.41, 5.74) is -3.02. The summed E-state index contributed by atoms with van der Waals surface area (Å²) < 4.78 is 47.2. The molecule has 1 atom stereocenters. The second kappa shape index (κ2) is 12.1. The summed E-state index contributed by atoms with van der Waals surface area (Å²) in [5, 5.41) is 63.5. The zero-order valence-electron chi connectivity index (χ0n) is 26.4. The number of carbonyl (C=O) groups is 1. The quantitative estimate of drug-likeness (QED) is 0.108. The predicted molar refractivity (Wildman–Crippen MR) is 165 cm³/mol. The number of anilines is 2. The minimum atomic E-state index is -4.77. The van der Waals surface area contributed by atoms with Gasteiger partial charge in [-0.05, 0) is 31.4 Å². The van der Waals surface area contributed by atoms with E-state index in [0.717, 1.165) is 30.3 Å². The number of aryl methyl sites for hydroxylation is 1. The Hall–Kier alpha value is -5.56. The molecule has 18 nitrogen and oxygen atoms in total. The molecular formula is C29H30F3N11O7. The molecule has 1 amide bonds. The highest BCUT2D eigenvalue weighted by molar-refractivity contribution is 5.91. The van der Waals surface area contributed by atoms with Crippen molar-refractivity contribution in [3.63, 3.8) is 0 Å². The first kappa shape index (κ1) is 34.3. The maximum atomic E-state index is 13.3. The van der Waals surface area contributed by atoms with E-state index in [1.54, 1.807) is 19.1 Å². The van der Waals surface area contributed by atoms with Crippen molar-refractivity contribution in [2.24, 2.45) is 5.41 Å². The minimum Gasteiger partial charge on any atom is -0.453 e. The molecule has 21 heteroatoms. The van der Waals surface area contributed by atoms with E-state index < -0.39 is 35.3 Å². The van der Waals surface area contributed by atoms with Gasteiger partial charge in [0, 0.05) is 30.8 Å². The number of aromatic nitrogens is 8. The van der Waals surface area contributed by atoms with E-state index in [-0.39, 0.29) is 74.6 Å². The van der Waals surface area contributed by atoms with Gasteiger partial charge < -0.3 is 30.5 Å². The van der Waals surface area contributed by atoms with Gasteiger partial charge in [-0.1, -0.05) is 6.92 Å². The normalized spacial score (nSPS) is 15.5. The number of carbonyl (C=O) groups excluding carboxylic acids is 1. The number of fused-ring (bicyclic) bond motifs is 2. The van der Waals surface area contributed by atoms with Crippen molar-refractivity contribution in [1.82, 2.24) is 44.0 Å². The standard InChI is InChI=1S/C29H30F3N11O7/c1-3-27(46,38-24(44)50-2)8-9-40-18-10-21(34-12-19(18)43(25(40)45)29(47,48)49)36-20-5-4-17-23(37-20)22(16-11-35-42(13-16)28(30,31)32)39-41(17)15-26(14-33)6-7-26/h4-5,10-13,46-49H,3,6-9,15H2,1-2H3,(H,38,44)(H,34,36,37). The summed E-state index contributed by atoms with van der Waals surface area (Å²) >= 11 is 0. The van der Waals surface area contributed by atoms with E-state index in [4.69, 9.17) is 0 Å². The molecule has 1 unspecified atom stereocenters. The van der Waals surface area contributed by atoms with Crippen molar-refractivity contribution in [3.05, 3.63) is 47.3 Å². The van der Waals surface area contributed by atoms with Gasteiger partial charge in [0.2, 0.25) is 0 Å². The highest BCUT2D eigenvalue weighted by Gasteiger charge is 2.44. The second-order valence-corrected chi connectivity index (χ2v) is 11.9. The van der Waals surface area contributed by atoms with Crippen LogP contribution < -0.4 is 16.3 Å². The zero-order chi connectivity index (χ0) is 36.2. The summed E-state index contributed by atoms with van der Waals surface area (Å²) in [4.78, 5) is 33.8. The van der Waals surface area contributed by atoms with Gasteiger partial charge in [0.15, 0.2) is 0 Å². The van der Waals surface area contributed by atoms with E-state index in [1.165, 1.54) is 10.7 Å². The molecule has 0 aromatic carbocycles. The van der Waals surface area contributed by atoms with Crippen LogP contribution in [-0.4, -0.2) is 78.0 Å². The number of nitriles is 1. The number of alkyl carbamates (subject to hydrolysis) is 1. The topological polar surface area (TPSA) is 243 Å². The molecule has 5 heterocycles. The number of halogens is 3. The third-order valence-corrected chi connectivity index (χ3v) is 8.48. The number of nitrogens with zero attached hydrogens (tertiary/aromatic N) is 9. The Balaban J connectivity index is 1.39. The highest BCUT2D eigenvalue weighted by Crippen LogP contribution is 2.47. The van der Waals surface area contributed by atoms with Crippen LogP contribution in [0.25, 0.3) is 33.3 Å². The Morgan fingerprint density at radius 2 is 1.86 bits per heavy atom. The molecule has 0 saturated heterocycles. The third-order valence-electron chi connectivity index (χ3n) is 8.48. The average molecular weight is 702 g/mol. The predicted octanol–water partition coefficient (Wildman–Crippen LogP) is 1.72. The molecule has 0 spiro atoms. The van der Waals surface area contributed by atoms with E-state index in [9.17, 15) is 48.4 Å². The lowest BCUT2D eigenvalue weighted by molar-refractivity contribution is -0.374. The number of methoxy groups -OCH3 is 1. The molecule has 0 aliphatic heterocycles. The maximum Gasteiger partial charge on any atom is 0.504 e. The summed E-state index contributed by atoms with van der Waals surface area (Å²) in [5.74, 6) is 0.208. The first-order valence-corrected chi connectivity index (χ1v) is 15.1. The summed E-state index contributed by atoms with van der Waals surface area (Å²) in [6.45, 7) is 1.47. The van der Waals surface area contributed by atoms with Crippen LogP contribution in [0.5, 0.6) is 0 Å². The van der Waals surface area contributed by atoms with Crippen LogP contribution in [0, 0.1) is 16.7 Å².